The summed E-state index contributed by atoms with van der Waals surface area (Å²) in [6.45, 7) is 2.47. The molecule has 0 unspecified atom stereocenters. The van der Waals surface area contributed by atoms with Crippen molar-refractivity contribution in [3.05, 3.63) is 65.0 Å². The molecule has 0 saturated carbocycles. The molecule has 3 N–H and O–H groups in total. The number of rotatable bonds is 4. The van der Waals surface area contributed by atoms with Gasteiger partial charge >= 0.3 is 0 Å². The number of nitrogens with zero attached hydrogens (tertiary/aromatic N) is 1. The summed E-state index contributed by atoms with van der Waals surface area (Å²) >= 11 is 0. The number of hydrogen-bond acceptors (Lipinski definition) is 3. The van der Waals surface area contributed by atoms with Crippen LogP contribution < -0.4 is 10.6 Å². The number of nitrogens with one attached hydrogen (secondary N) is 3. The second-order valence-corrected chi connectivity index (χ2v) is 6.65. The molecule has 6 heteroatoms. The first-order valence-corrected chi connectivity index (χ1v) is 8.91. The van der Waals surface area contributed by atoms with E-state index in [4.69, 9.17) is 0 Å². The summed E-state index contributed by atoms with van der Waals surface area (Å²) in [6, 6.07) is 10.0. The number of para-hydroxylation sites is 1. The number of anilines is 1. The van der Waals surface area contributed by atoms with Crippen molar-refractivity contribution in [3.63, 3.8) is 0 Å². The molecule has 0 atom stereocenters. The fourth-order valence-electron chi connectivity index (χ4n) is 3.33. The Hall–Kier alpha value is -3.41. The largest absolute Gasteiger partial charge is 0.358 e. The summed E-state index contributed by atoms with van der Waals surface area (Å²) in [7, 11) is 0. The van der Waals surface area contributed by atoms with Gasteiger partial charge in [0.1, 0.15) is 5.82 Å². The van der Waals surface area contributed by atoms with E-state index in [9.17, 15) is 9.59 Å². The Balaban J connectivity index is 1.42. The van der Waals surface area contributed by atoms with Gasteiger partial charge in [-0.2, -0.15) is 0 Å². The van der Waals surface area contributed by atoms with Gasteiger partial charge < -0.3 is 15.6 Å². The topological polar surface area (TPSA) is 86.9 Å². The smallest absolute Gasteiger partial charge is 0.244 e. The number of H-pyrrole nitrogens is 1. The average molecular weight is 360 g/mol. The highest BCUT2D eigenvalue weighted by Gasteiger charge is 2.15. The number of amides is 2. The molecule has 0 fully saturated rings. The molecule has 1 aromatic carbocycles. The van der Waals surface area contributed by atoms with Crippen LogP contribution in [0.2, 0.25) is 0 Å². The molecule has 2 aromatic heterocycles. The molecule has 6 nitrogen and oxygen atoms in total. The van der Waals surface area contributed by atoms with Gasteiger partial charge in [0.15, 0.2) is 0 Å². The third-order valence-corrected chi connectivity index (χ3v) is 4.76. The summed E-state index contributed by atoms with van der Waals surface area (Å²) in [6.07, 6.45) is 6.03. The van der Waals surface area contributed by atoms with Crippen LogP contribution in [0.1, 0.15) is 28.8 Å². The molecule has 136 valence electrons. The van der Waals surface area contributed by atoms with Crippen molar-refractivity contribution in [1.82, 2.24) is 15.3 Å². The maximum atomic E-state index is 12.2. The predicted octanol–water partition coefficient (Wildman–Crippen LogP) is 3.09. The zero-order valence-electron chi connectivity index (χ0n) is 15.0. The molecule has 3 aromatic rings. The van der Waals surface area contributed by atoms with E-state index in [1.165, 1.54) is 6.08 Å². The van der Waals surface area contributed by atoms with Crippen LogP contribution in [-0.2, 0) is 22.6 Å². The van der Waals surface area contributed by atoms with Gasteiger partial charge in [-0.15, -0.1) is 0 Å². The molecule has 2 amide bonds. The van der Waals surface area contributed by atoms with Crippen LogP contribution in [0.3, 0.4) is 0 Å². The first-order valence-electron chi connectivity index (χ1n) is 8.91. The van der Waals surface area contributed by atoms with Gasteiger partial charge in [0.25, 0.3) is 0 Å². The zero-order chi connectivity index (χ0) is 18.8. The Bertz CT molecular complexity index is 1070. The molecule has 4 rings (SSSR count). The van der Waals surface area contributed by atoms with E-state index in [1.807, 2.05) is 37.3 Å². The number of aromatic nitrogens is 2. The highest BCUT2D eigenvalue weighted by molar-refractivity contribution is 5.94. The van der Waals surface area contributed by atoms with Crippen LogP contribution in [0, 0.1) is 6.92 Å². The van der Waals surface area contributed by atoms with E-state index < -0.39 is 0 Å². The van der Waals surface area contributed by atoms with Crippen molar-refractivity contribution >= 4 is 34.6 Å². The van der Waals surface area contributed by atoms with Gasteiger partial charge in [-0.25, -0.2) is 4.98 Å². The Labute approximate surface area is 156 Å². The molecular weight excluding hydrogens is 340 g/mol. The monoisotopic (exact) mass is 360 g/mol. The van der Waals surface area contributed by atoms with Gasteiger partial charge in [0.2, 0.25) is 11.8 Å². The van der Waals surface area contributed by atoms with Crippen LogP contribution in [-0.4, -0.2) is 21.8 Å². The second-order valence-electron chi connectivity index (χ2n) is 6.65. The van der Waals surface area contributed by atoms with Gasteiger partial charge in [-0.05, 0) is 48.2 Å². The molecule has 0 bridgehead atoms. The highest BCUT2D eigenvalue weighted by atomic mass is 16.2. The number of fused-ring (bicyclic) bond motifs is 2. The highest BCUT2D eigenvalue weighted by Crippen LogP contribution is 2.22. The SMILES string of the molecule is Cc1[nH]c2ccccc2c1CNC(=O)/C=C\c1cnc2c(c1)CCC(=O)N2. The lowest BCUT2D eigenvalue weighted by molar-refractivity contribution is -0.117. The van der Waals surface area contributed by atoms with Crippen molar-refractivity contribution in [1.29, 1.82) is 0 Å². The molecule has 0 radical (unpaired) electrons. The van der Waals surface area contributed by atoms with Crippen LogP contribution in [0.5, 0.6) is 0 Å². The Morgan fingerprint density at radius 3 is 3.04 bits per heavy atom. The number of hydrogen-bond donors (Lipinski definition) is 3. The van der Waals surface area contributed by atoms with E-state index in [2.05, 4.69) is 20.6 Å². The van der Waals surface area contributed by atoms with Crippen molar-refractivity contribution in [2.75, 3.05) is 5.32 Å². The van der Waals surface area contributed by atoms with Crippen molar-refractivity contribution in [2.45, 2.75) is 26.3 Å². The quantitative estimate of drug-likeness (QED) is 0.625. The number of carbonyl (C=O) groups is 2. The lowest BCUT2D eigenvalue weighted by Gasteiger charge is -2.15. The van der Waals surface area contributed by atoms with Crippen molar-refractivity contribution < 1.29 is 9.59 Å². The molecule has 1 aliphatic heterocycles. The lowest BCUT2D eigenvalue weighted by atomic mass is 10.0. The predicted molar refractivity (Wildman–Crippen MR) is 105 cm³/mol. The summed E-state index contributed by atoms with van der Waals surface area (Å²) in [4.78, 5) is 31.2. The minimum Gasteiger partial charge on any atom is -0.358 e. The molecular formula is C21H20N4O2. The maximum Gasteiger partial charge on any atom is 0.244 e. The lowest BCUT2D eigenvalue weighted by Crippen LogP contribution is -2.20. The first-order chi connectivity index (χ1) is 13.1. The third kappa shape index (κ3) is 3.60. The molecule has 0 spiro atoms. The average Bonchev–Trinajstić information content (AvgIpc) is 2.99. The van der Waals surface area contributed by atoms with Crippen LogP contribution in [0.15, 0.2) is 42.6 Å². The normalized spacial score (nSPS) is 13.6. The molecule has 3 heterocycles. The third-order valence-electron chi connectivity index (χ3n) is 4.76. The van der Waals surface area contributed by atoms with E-state index in [-0.39, 0.29) is 11.8 Å². The number of benzene rings is 1. The Morgan fingerprint density at radius 2 is 2.15 bits per heavy atom. The van der Waals surface area contributed by atoms with Crippen LogP contribution in [0.4, 0.5) is 5.82 Å². The molecule has 0 saturated heterocycles. The second kappa shape index (κ2) is 7.07. The number of carbonyl (C=O) groups excluding carboxylic acids is 2. The van der Waals surface area contributed by atoms with Gasteiger partial charge in [0.05, 0.1) is 0 Å². The van der Waals surface area contributed by atoms with E-state index in [0.29, 0.717) is 25.2 Å². The van der Waals surface area contributed by atoms with E-state index in [1.54, 1.807) is 12.3 Å². The standard InChI is InChI=1S/C21H20N4O2/c1-13-17(16-4-2-3-5-18(16)24-13)12-22-19(26)8-6-14-10-15-7-9-20(27)25-21(15)23-11-14/h2-6,8,10-11,24H,7,9,12H2,1H3,(H,22,26)(H,23,25,27)/b8-6-. The van der Waals surface area contributed by atoms with E-state index >= 15 is 0 Å². The zero-order valence-corrected chi connectivity index (χ0v) is 15.0. The molecule has 1 aliphatic rings. The Kier molecular flexibility index (Phi) is 4.46. The van der Waals surface area contributed by atoms with Crippen molar-refractivity contribution in [2.24, 2.45) is 0 Å². The van der Waals surface area contributed by atoms with Crippen LogP contribution in [0.25, 0.3) is 17.0 Å². The molecule has 0 aliphatic carbocycles. The Morgan fingerprint density at radius 1 is 1.30 bits per heavy atom. The maximum absolute atomic E-state index is 12.2. The summed E-state index contributed by atoms with van der Waals surface area (Å²) in [5.41, 5.74) is 5.05. The first kappa shape index (κ1) is 17.0. The fourth-order valence-corrected chi connectivity index (χ4v) is 3.33. The van der Waals surface area contributed by atoms with Gasteiger partial charge in [-0.1, -0.05) is 18.2 Å². The number of aromatic amines is 1. The summed E-state index contributed by atoms with van der Waals surface area (Å²) in [5.74, 6) is 0.443. The van der Waals surface area contributed by atoms with E-state index in [0.717, 1.165) is 33.3 Å². The minimum atomic E-state index is -0.161. The molecule has 27 heavy (non-hydrogen) atoms. The summed E-state index contributed by atoms with van der Waals surface area (Å²) in [5, 5.41) is 6.81. The van der Waals surface area contributed by atoms with Crippen LogP contribution >= 0.6 is 0 Å². The number of aryl methyl sites for hydroxylation is 2. The number of pyridine rings is 1. The fraction of sp³-hybridized carbons (Fsp3) is 0.190. The summed E-state index contributed by atoms with van der Waals surface area (Å²) < 4.78 is 0. The van der Waals surface area contributed by atoms with Gasteiger partial charge in [-0.3, -0.25) is 9.59 Å². The van der Waals surface area contributed by atoms with Crippen molar-refractivity contribution in [3.8, 4) is 0 Å². The van der Waals surface area contributed by atoms with Gasteiger partial charge in [0, 0.05) is 41.8 Å². The minimum absolute atomic E-state index is 0.00903.